The Morgan fingerprint density at radius 3 is 2.70 bits per heavy atom. The molecule has 4 nitrogen and oxygen atoms in total. The van der Waals surface area contributed by atoms with Crippen LogP contribution in [0.15, 0.2) is 18.2 Å². The molecule has 0 atom stereocenters. The van der Waals surface area contributed by atoms with Gasteiger partial charge in [-0.2, -0.15) is 5.26 Å². The van der Waals surface area contributed by atoms with E-state index in [0.29, 0.717) is 29.2 Å². The first-order valence-corrected chi connectivity index (χ1v) is 7.05. The maximum absolute atomic E-state index is 12.4. The molecule has 1 aliphatic carbocycles. The lowest BCUT2D eigenvalue weighted by Gasteiger charge is -2.31. The van der Waals surface area contributed by atoms with Crippen LogP contribution in [0.1, 0.15) is 42.5 Å². The third-order valence-corrected chi connectivity index (χ3v) is 3.92. The van der Waals surface area contributed by atoms with Crippen molar-refractivity contribution in [2.45, 2.75) is 37.6 Å². The summed E-state index contributed by atoms with van der Waals surface area (Å²) in [7, 11) is 1.50. The summed E-state index contributed by atoms with van der Waals surface area (Å²) in [5.74, 6) is 0.142. The molecule has 0 aliphatic heterocycles. The number of nitrogens with one attached hydrogen (secondary N) is 1. The van der Waals surface area contributed by atoms with Crippen LogP contribution in [0.25, 0.3) is 0 Å². The average molecular weight is 293 g/mol. The van der Waals surface area contributed by atoms with Gasteiger partial charge in [-0.25, -0.2) is 0 Å². The van der Waals surface area contributed by atoms with Crippen molar-refractivity contribution in [2.24, 2.45) is 0 Å². The third kappa shape index (κ3) is 3.05. The zero-order valence-corrected chi connectivity index (χ0v) is 12.2. The predicted molar refractivity (Wildman–Crippen MR) is 76.9 cm³/mol. The van der Waals surface area contributed by atoms with E-state index in [-0.39, 0.29) is 5.91 Å². The molecule has 106 valence electrons. The maximum Gasteiger partial charge on any atom is 0.256 e. The molecule has 0 radical (unpaired) electrons. The third-order valence-electron chi connectivity index (χ3n) is 3.68. The maximum atomic E-state index is 12.4. The molecular formula is C15H17ClN2O2. The second kappa shape index (κ2) is 6.15. The molecule has 0 spiro atoms. The fourth-order valence-corrected chi connectivity index (χ4v) is 2.73. The molecule has 20 heavy (non-hydrogen) atoms. The molecule has 1 aromatic rings. The van der Waals surface area contributed by atoms with Crippen molar-refractivity contribution in [3.05, 3.63) is 28.8 Å². The van der Waals surface area contributed by atoms with Crippen LogP contribution >= 0.6 is 11.6 Å². The zero-order chi connectivity index (χ0) is 14.6. The van der Waals surface area contributed by atoms with Crippen molar-refractivity contribution in [2.75, 3.05) is 7.11 Å². The first kappa shape index (κ1) is 14.7. The normalized spacial score (nSPS) is 17.1. The summed E-state index contributed by atoms with van der Waals surface area (Å²) in [6, 6.07) is 7.14. The smallest absolute Gasteiger partial charge is 0.256 e. The van der Waals surface area contributed by atoms with Crippen molar-refractivity contribution in [3.8, 4) is 11.8 Å². The van der Waals surface area contributed by atoms with E-state index in [1.807, 2.05) is 0 Å². The fourth-order valence-electron chi connectivity index (χ4n) is 2.56. The van der Waals surface area contributed by atoms with Gasteiger partial charge in [0.1, 0.15) is 11.3 Å². The SMILES string of the molecule is COc1ccc(Cl)cc1C(=O)NC1(C#N)CCCCC1. The summed E-state index contributed by atoms with van der Waals surface area (Å²) in [6.07, 6.45) is 4.41. The number of nitrogens with zero attached hydrogens (tertiary/aromatic N) is 1. The van der Waals surface area contributed by atoms with E-state index in [1.165, 1.54) is 7.11 Å². The minimum Gasteiger partial charge on any atom is -0.496 e. The molecule has 1 saturated carbocycles. The summed E-state index contributed by atoms with van der Waals surface area (Å²) in [5, 5.41) is 12.7. The van der Waals surface area contributed by atoms with Crippen LogP contribution in [0.5, 0.6) is 5.75 Å². The van der Waals surface area contributed by atoms with Gasteiger partial charge in [-0.15, -0.1) is 0 Å². The van der Waals surface area contributed by atoms with Gasteiger partial charge in [0.05, 0.1) is 18.7 Å². The molecule has 1 fully saturated rings. The number of rotatable bonds is 3. The number of halogens is 1. The van der Waals surface area contributed by atoms with Crippen LogP contribution in [0.2, 0.25) is 5.02 Å². The Hall–Kier alpha value is -1.73. The van der Waals surface area contributed by atoms with E-state index in [1.54, 1.807) is 18.2 Å². The van der Waals surface area contributed by atoms with Crippen LogP contribution in [0.4, 0.5) is 0 Å². The minimum atomic E-state index is -0.761. The Morgan fingerprint density at radius 2 is 2.10 bits per heavy atom. The number of amides is 1. The molecule has 0 bridgehead atoms. The summed E-state index contributed by atoms with van der Waals surface area (Å²) >= 11 is 5.93. The molecule has 0 saturated heterocycles. The van der Waals surface area contributed by atoms with Gasteiger partial charge in [0, 0.05) is 5.02 Å². The molecule has 1 amide bonds. The largest absolute Gasteiger partial charge is 0.496 e. The van der Waals surface area contributed by atoms with Crippen molar-refractivity contribution in [1.29, 1.82) is 5.26 Å². The van der Waals surface area contributed by atoms with E-state index >= 15 is 0 Å². The van der Waals surface area contributed by atoms with Crippen LogP contribution in [-0.4, -0.2) is 18.6 Å². The molecule has 5 heteroatoms. The Kier molecular flexibility index (Phi) is 4.51. The summed E-state index contributed by atoms with van der Waals surface area (Å²) in [6.45, 7) is 0. The Morgan fingerprint density at radius 1 is 1.40 bits per heavy atom. The van der Waals surface area contributed by atoms with E-state index < -0.39 is 5.54 Å². The predicted octanol–water partition coefficient (Wildman–Crippen LogP) is 3.30. The van der Waals surface area contributed by atoms with Crippen LogP contribution < -0.4 is 10.1 Å². The lowest BCUT2D eigenvalue weighted by atomic mass is 9.82. The summed E-state index contributed by atoms with van der Waals surface area (Å²) < 4.78 is 5.17. The lowest BCUT2D eigenvalue weighted by molar-refractivity contribution is 0.0899. The van der Waals surface area contributed by atoms with Gasteiger partial charge in [0.2, 0.25) is 0 Å². The number of methoxy groups -OCH3 is 1. The molecular weight excluding hydrogens is 276 g/mol. The highest BCUT2D eigenvalue weighted by atomic mass is 35.5. The molecule has 1 N–H and O–H groups in total. The quantitative estimate of drug-likeness (QED) is 0.929. The van der Waals surface area contributed by atoms with Gasteiger partial charge in [0.15, 0.2) is 0 Å². The molecule has 0 unspecified atom stereocenters. The van der Waals surface area contributed by atoms with Gasteiger partial charge in [-0.05, 0) is 31.0 Å². The zero-order valence-electron chi connectivity index (χ0n) is 11.4. The number of hydrogen-bond donors (Lipinski definition) is 1. The first-order valence-electron chi connectivity index (χ1n) is 6.67. The fraction of sp³-hybridized carbons (Fsp3) is 0.467. The number of nitriles is 1. The molecule has 0 heterocycles. The lowest BCUT2D eigenvalue weighted by Crippen LogP contribution is -2.48. The summed E-state index contributed by atoms with van der Waals surface area (Å²) in [5.41, 5.74) is -0.400. The Bertz CT molecular complexity index is 545. The first-order chi connectivity index (χ1) is 9.60. The minimum absolute atomic E-state index is 0.312. The number of hydrogen-bond acceptors (Lipinski definition) is 3. The number of carbonyl (C=O) groups is 1. The average Bonchev–Trinajstić information content (AvgIpc) is 2.48. The van der Waals surface area contributed by atoms with Gasteiger partial charge in [-0.3, -0.25) is 4.79 Å². The van der Waals surface area contributed by atoms with Gasteiger partial charge < -0.3 is 10.1 Å². The highest BCUT2D eigenvalue weighted by Gasteiger charge is 2.34. The van der Waals surface area contributed by atoms with E-state index in [0.717, 1.165) is 19.3 Å². The number of benzene rings is 1. The topological polar surface area (TPSA) is 62.1 Å². The van der Waals surface area contributed by atoms with E-state index in [2.05, 4.69) is 11.4 Å². The molecule has 0 aromatic heterocycles. The monoisotopic (exact) mass is 292 g/mol. The van der Waals surface area contributed by atoms with E-state index in [9.17, 15) is 10.1 Å². The van der Waals surface area contributed by atoms with Crippen LogP contribution in [0, 0.1) is 11.3 Å². The highest BCUT2D eigenvalue weighted by molar-refractivity contribution is 6.31. The van der Waals surface area contributed by atoms with Gasteiger partial charge in [0.25, 0.3) is 5.91 Å². The van der Waals surface area contributed by atoms with Gasteiger partial charge in [-0.1, -0.05) is 30.9 Å². The number of carbonyl (C=O) groups excluding carboxylic acids is 1. The van der Waals surface area contributed by atoms with Crippen molar-refractivity contribution in [3.63, 3.8) is 0 Å². The Labute approximate surface area is 123 Å². The van der Waals surface area contributed by atoms with Crippen molar-refractivity contribution in [1.82, 2.24) is 5.32 Å². The molecule has 1 aliphatic rings. The highest BCUT2D eigenvalue weighted by Crippen LogP contribution is 2.29. The van der Waals surface area contributed by atoms with Gasteiger partial charge >= 0.3 is 0 Å². The standard InChI is InChI=1S/C15H17ClN2O2/c1-20-13-6-5-11(16)9-12(13)14(19)18-15(10-17)7-3-2-4-8-15/h5-6,9H,2-4,7-8H2,1H3,(H,18,19). The molecule has 1 aromatic carbocycles. The van der Waals surface area contributed by atoms with Crippen LogP contribution in [-0.2, 0) is 0 Å². The van der Waals surface area contributed by atoms with Crippen LogP contribution in [0.3, 0.4) is 0 Å². The van der Waals surface area contributed by atoms with E-state index in [4.69, 9.17) is 16.3 Å². The second-order valence-corrected chi connectivity index (χ2v) is 5.49. The summed E-state index contributed by atoms with van der Waals surface area (Å²) in [4.78, 5) is 12.4. The Balaban J connectivity index is 2.23. The molecule has 2 rings (SSSR count). The number of ether oxygens (including phenoxy) is 1. The van der Waals surface area contributed by atoms with Crippen molar-refractivity contribution >= 4 is 17.5 Å². The second-order valence-electron chi connectivity index (χ2n) is 5.05. The van der Waals surface area contributed by atoms with Crippen molar-refractivity contribution < 1.29 is 9.53 Å².